The van der Waals surface area contributed by atoms with Crippen molar-refractivity contribution >= 4 is 5.96 Å². The van der Waals surface area contributed by atoms with Crippen molar-refractivity contribution < 1.29 is 0 Å². The van der Waals surface area contributed by atoms with E-state index >= 15 is 0 Å². The van der Waals surface area contributed by atoms with Crippen LogP contribution in [0.4, 0.5) is 0 Å². The molecule has 0 bridgehead atoms. The van der Waals surface area contributed by atoms with Crippen molar-refractivity contribution in [2.75, 3.05) is 20.1 Å². The molecule has 2 aromatic rings. The third-order valence-electron chi connectivity index (χ3n) is 4.21. The normalized spacial score (nSPS) is 12.9. The Balaban J connectivity index is 1.63. The van der Waals surface area contributed by atoms with Gasteiger partial charge in [-0.25, -0.2) is 4.98 Å². The molecule has 24 heavy (non-hydrogen) atoms. The van der Waals surface area contributed by atoms with Gasteiger partial charge in [-0.2, -0.15) is 0 Å². The van der Waals surface area contributed by atoms with Crippen molar-refractivity contribution in [2.45, 2.75) is 39.2 Å². The van der Waals surface area contributed by atoms with Gasteiger partial charge in [-0.05, 0) is 31.2 Å². The van der Waals surface area contributed by atoms with E-state index in [9.17, 15) is 0 Å². The van der Waals surface area contributed by atoms with Crippen LogP contribution in [-0.2, 0) is 6.54 Å². The fourth-order valence-electron chi connectivity index (χ4n) is 2.62. The topological polar surface area (TPSA) is 54.2 Å². The number of guanidine groups is 1. The monoisotopic (exact) mass is 327 g/mol. The molecular formula is C19H29N5. The molecule has 0 aliphatic heterocycles. The number of aliphatic imine (C=N–C) groups is 1. The van der Waals surface area contributed by atoms with Gasteiger partial charge in [0.1, 0.15) is 5.82 Å². The largest absolute Gasteiger partial charge is 0.356 e. The van der Waals surface area contributed by atoms with Crippen LogP contribution < -0.4 is 10.6 Å². The van der Waals surface area contributed by atoms with Crippen molar-refractivity contribution in [1.82, 2.24) is 20.2 Å². The first kappa shape index (κ1) is 18.0. The Kier molecular flexibility index (Phi) is 7.33. The molecule has 0 radical (unpaired) electrons. The van der Waals surface area contributed by atoms with E-state index in [1.54, 1.807) is 0 Å². The molecule has 0 spiro atoms. The van der Waals surface area contributed by atoms with Crippen molar-refractivity contribution in [3.8, 4) is 0 Å². The fraction of sp³-hybridized carbons (Fsp3) is 0.474. The summed E-state index contributed by atoms with van der Waals surface area (Å²) in [6.45, 7) is 7.08. The van der Waals surface area contributed by atoms with Crippen LogP contribution in [0.1, 0.15) is 37.1 Å². The standard InChI is InChI=1S/C19H29N5/c1-16(18-9-5-4-6-10-18)15-23-19(20-3)22-11-7-8-13-24-14-12-21-17(24)2/h4-6,9-10,12,14,16H,7-8,11,13,15H2,1-3H3,(H2,20,22,23). The van der Waals surface area contributed by atoms with E-state index in [1.165, 1.54) is 5.56 Å². The molecule has 1 heterocycles. The number of aromatic nitrogens is 2. The van der Waals surface area contributed by atoms with Gasteiger partial charge in [0.05, 0.1) is 0 Å². The maximum Gasteiger partial charge on any atom is 0.190 e. The van der Waals surface area contributed by atoms with Crippen LogP contribution in [0.25, 0.3) is 0 Å². The molecule has 5 nitrogen and oxygen atoms in total. The van der Waals surface area contributed by atoms with Gasteiger partial charge in [0.2, 0.25) is 0 Å². The molecule has 1 aromatic carbocycles. The second kappa shape index (κ2) is 9.75. The van der Waals surface area contributed by atoms with Gasteiger partial charge in [-0.15, -0.1) is 0 Å². The SMILES string of the molecule is CN=C(NCCCCn1ccnc1C)NCC(C)c1ccccc1. The summed E-state index contributed by atoms with van der Waals surface area (Å²) >= 11 is 0. The molecule has 0 aliphatic rings. The van der Waals surface area contributed by atoms with E-state index in [1.807, 2.05) is 26.4 Å². The van der Waals surface area contributed by atoms with E-state index in [0.29, 0.717) is 5.92 Å². The maximum absolute atomic E-state index is 4.29. The lowest BCUT2D eigenvalue weighted by Gasteiger charge is -2.16. The van der Waals surface area contributed by atoms with Crippen LogP contribution in [0.2, 0.25) is 0 Å². The Bertz CT molecular complexity index is 618. The Labute approximate surface area is 145 Å². The quantitative estimate of drug-likeness (QED) is 0.445. The zero-order chi connectivity index (χ0) is 17.2. The van der Waals surface area contributed by atoms with E-state index in [0.717, 1.165) is 44.3 Å². The molecule has 5 heteroatoms. The molecule has 1 atom stereocenters. The highest BCUT2D eigenvalue weighted by atomic mass is 15.2. The number of aryl methyl sites for hydroxylation is 2. The highest BCUT2D eigenvalue weighted by Crippen LogP contribution is 2.12. The van der Waals surface area contributed by atoms with Gasteiger partial charge in [0, 0.05) is 39.1 Å². The lowest BCUT2D eigenvalue weighted by atomic mass is 10.0. The fourth-order valence-corrected chi connectivity index (χ4v) is 2.62. The lowest BCUT2D eigenvalue weighted by Crippen LogP contribution is -2.39. The first-order valence-electron chi connectivity index (χ1n) is 8.68. The summed E-state index contributed by atoms with van der Waals surface area (Å²) in [7, 11) is 1.82. The van der Waals surface area contributed by atoms with Gasteiger partial charge in [-0.3, -0.25) is 4.99 Å². The summed E-state index contributed by atoms with van der Waals surface area (Å²) in [6, 6.07) is 10.6. The van der Waals surface area contributed by atoms with Crippen LogP contribution in [0.15, 0.2) is 47.7 Å². The minimum Gasteiger partial charge on any atom is -0.356 e. The Morgan fingerprint density at radius 2 is 2.00 bits per heavy atom. The Hall–Kier alpha value is -2.30. The number of benzene rings is 1. The van der Waals surface area contributed by atoms with Gasteiger partial charge < -0.3 is 15.2 Å². The molecule has 0 saturated carbocycles. The summed E-state index contributed by atoms with van der Waals surface area (Å²) in [6.07, 6.45) is 6.12. The predicted octanol–water partition coefficient (Wildman–Crippen LogP) is 2.94. The molecule has 0 amide bonds. The van der Waals surface area contributed by atoms with Gasteiger partial charge >= 0.3 is 0 Å². The molecule has 2 rings (SSSR count). The highest BCUT2D eigenvalue weighted by Gasteiger charge is 2.05. The molecule has 130 valence electrons. The van der Waals surface area contributed by atoms with E-state index in [-0.39, 0.29) is 0 Å². The number of hydrogen-bond donors (Lipinski definition) is 2. The number of rotatable bonds is 8. The van der Waals surface area contributed by atoms with E-state index < -0.39 is 0 Å². The van der Waals surface area contributed by atoms with E-state index in [2.05, 4.69) is 62.4 Å². The predicted molar refractivity (Wildman–Crippen MR) is 100 cm³/mol. The highest BCUT2D eigenvalue weighted by molar-refractivity contribution is 5.79. The van der Waals surface area contributed by atoms with E-state index in [4.69, 9.17) is 0 Å². The smallest absolute Gasteiger partial charge is 0.190 e. The third-order valence-corrected chi connectivity index (χ3v) is 4.21. The van der Waals surface area contributed by atoms with Crippen LogP contribution in [0, 0.1) is 6.92 Å². The number of unbranched alkanes of at least 4 members (excludes halogenated alkanes) is 1. The average Bonchev–Trinajstić information content (AvgIpc) is 3.02. The molecule has 1 unspecified atom stereocenters. The number of nitrogens with zero attached hydrogens (tertiary/aromatic N) is 3. The maximum atomic E-state index is 4.29. The second-order valence-corrected chi connectivity index (χ2v) is 6.07. The van der Waals surface area contributed by atoms with Crippen molar-refractivity contribution in [1.29, 1.82) is 0 Å². The van der Waals surface area contributed by atoms with Crippen LogP contribution in [-0.4, -0.2) is 35.6 Å². The molecule has 0 fully saturated rings. The first-order chi connectivity index (χ1) is 11.7. The zero-order valence-corrected chi connectivity index (χ0v) is 15.0. The van der Waals surface area contributed by atoms with Crippen LogP contribution in [0.3, 0.4) is 0 Å². The summed E-state index contributed by atoms with van der Waals surface area (Å²) in [5, 5.41) is 6.79. The second-order valence-electron chi connectivity index (χ2n) is 6.07. The summed E-state index contributed by atoms with van der Waals surface area (Å²) in [5.74, 6) is 2.40. The Morgan fingerprint density at radius 1 is 1.21 bits per heavy atom. The lowest BCUT2D eigenvalue weighted by molar-refractivity contribution is 0.587. The third kappa shape index (κ3) is 5.72. The summed E-state index contributed by atoms with van der Waals surface area (Å²) in [5.41, 5.74) is 1.34. The van der Waals surface area contributed by atoms with Crippen molar-refractivity contribution in [2.24, 2.45) is 4.99 Å². The molecule has 1 aromatic heterocycles. The van der Waals surface area contributed by atoms with Crippen molar-refractivity contribution in [3.63, 3.8) is 0 Å². The summed E-state index contributed by atoms with van der Waals surface area (Å²) < 4.78 is 2.19. The van der Waals surface area contributed by atoms with Crippen LogP contribution in [0.5, 0.6) is 0 Å². The van der Waals surface area contributed by atoms with Crippen LogP contribution >= 0.6 is 0 Å². The molecular weight excluding hydrogens is 298 g/mol. The number of hydrogen-bond acceptors (Lipinski definition) is 2. The van der Waals surface area contributed by atoms with Gasteiger partial charge in [0.25, 0.3) is 0 Å². The first-order valence-corrected chi connectivity index (χ1v) is 8.68. The number of nitrogens with one attached hydrogen (secondary N) is 2. The average molecular weight is 327 g/mol. The molecule has 0 saturated heterocycles. The molecule has 0 aliphatic carbocycles. The molecule has 2 N–H and O–H groups in total. The number of imidazole rings is 1. The van der Waals surface area contributed by atoms with Gasteiger partial charge in [0.15, 0.2) is 5.96 Å². The minimum absolute atomic E-state index is 0.453. The Morgan fingerprint density at radius 3 is 2.67 bits per heavy atom. The summed E-state index contributed by atoms with van der Waals surface area (Å²) in [4.78, 5) is 8.54. The van der Waals surface area contributed by atoms with Crippen molar-refractivity contribution in [3.05, 3.63) is 54.1 Å². The van der Waals surface area contributed by atoms with Gasteiger partial charge in [-0.1, -0.05) is 37.3 Å². The zero-order valence-electron chi connectivity index (χ0n) is 15.0. The minimum atomic E-state index is 0.453.